The highest BCUT2D eigenvalue weighted by molar-refractivity contribution is 6.22. The highest BCUT2D eigenvalue weighted by Crippen LogP contribution is 2.42. The van der Waals surface area contributed by atoms with Crippen LogP contribution in [0, 0.1) is 38.5 Å². The van der Waals surface area contributed by atoms with Gasteiger partial charge >= 0.3 is 5.97 Å². The van der Waals surface area contributed by atoms with Gasteiger partial charge in [0.2, 0.25) is 11.8 Å². The summed E-state index contributed by atoms with van der Waals surface area (Å²) < 4.78 is 5.52. The first-order chi connectivity index (χ1) is 20.6. The average Bonchev–Trinajstić information content (AvgIpc) is 3.25. The molecule has 3 aromatic carbocycles. The lowest BCUT2D eigenvalue weighted by Gasteiger charge is -2.25. The van der Waals surface area contributed by atoms with Crippen LogP contribution in [0.5, 0.6) is 0 Å². The Morgan fingerprint density at radius 3 is 2.35 bits per heavy atom. The average molecular weight is 575 g/mol. The van der Waals surface area contributed by atoms with Gasteiger partial charge in [0.25, 0.3) is 0 Å². The second kappa shape index (κ2) is 11.2. The number of carbonyl (C=O) groups excluding carboxylic acids is 4. The van der Waals surface area contributed by atoms with Crippen LogP contribution in [0.3, 0.4) is 0 Å². The largest absolute Gasteiger partial charge is 0.454 e. The van der Waals surface area contributed by atoms with Gasteiger partial charge in [0.15, 0.2) is 12.4 Å². The van der Waals surface area contributed by atoms with Crippen LogP contribution in [0.2, 0.25) is 0 Å². The molecule has 43 heavy (non-hydrogen) atoms. The van der Waals surface area contributed by atoms with Crippen LogP contribution in [-0.2, 0) is 14.3 Å². The number of aryl methyl sites for hydroxylation is 3. The molecule has 2 aliphatic rings. The lowest BCUT2D eigenvalue weighted by Crippen LogP contribution is -2.30. The predicted octanol–water partition coefficient (Wildman–Crippen LogP) is 6.79. The number of rotatable bonds is 6. The van der Waals surface area contributed by atoms with Crippen molar-refractivity contribution in [2.75, 3.05) is 11.5 Å². The smallest absolute Gasteiger partial charge is 0.339 e. The predicted molar refractivity (Wildman–Crippen MR) is 165 cm³/mol. The molecule has 0 N–H and O–H groups in total. The van der Waals surface area contributed by atoms with Gasteiger partial charge < -0.3 is 4.74 Å². The number of hydrogen-bond donors (Lipinski definition) is 0. The molecule has 6 rings (SSSR count). The zero-order valence-electron chi connectivity index (χ0n) is 24.8. The van der Waals surface area contributed by atoms with Crippen molar-refractivity contribution in [3.05, 3.63) is 94.5 Å². The second-order valence-corrected chi connectivity index (χ2v) is 12.1. The topological polar surface area (TPSA) is 93.6 Å². The van der Waals surface area contributed by atoms with Gasteiger partial charge in [-0.25, -0.2) is 9.78 Å². The standard InChI is InChI=1S/C36H34N2O5/c1-20-5-13-27-29(16-20)35(41)38(34(27)40)26-11-9-24(10-12-26)32-18-30(28-15-21(2)6-14-31(28)37-32)36(42)43-19-33(39)25-8-7-22(3)23(4)17-25/h6-12,14-15,17-18,20,27,29H,5,13,16,19H2,1-4H3/t20-,27-,29+/m1/s1. The van der Waals surface area contributed by atoms with Gasteiger partial charge in [-0.2, -0.15) is 0 Å². The van der Waals surface area contributed by atoms with Crippen LogP contribution >= 0.6 is 0 Å². The molecule has 1 saturated heterocycles. The molecule has 2 heterocycles. The van der Waals surface area contributed by atoms with Crippen LogP contribution < -0.4 is 4.90 Å². The zero-order chi connectivity index (χ0) is 30.4. The van der Waals surface area contributed by atoms with Gasteiger partial charge in [0, 0.05) is 16.5 Å². The van der Waals surface area contributed by atoms with E-state index in [9.17, 15) is 19.2 Å². The summed E-state index contributed by atoms with van der Waals surface area (Å²) in [6, 6.07) is 19.9. The first-order valence-corrected chi connectivity index (χ1v) is 14.8. The van der Waals surface area contributed by atoms with Crippen molar-refractivity contribution in [1.29, 1.82) is 0 Å². The minimum atomic E-state index is -0.613. The van der Waals surface area contributed by atoms with E-state index in [2.05, 4.69) is 6.92 Å². The molecule has 1 saturated carbocycles. The molecular formula is C36H34N2O5. The Morgan fingerprint density at radius 2 is 1.60 bits per heavy atom. The number of aromatic nitrogens is 1. The van der Waals surface area contributed by atoms with Crippen molar-refractivity contribution in [3.8, 4) is 11.3 Å². The monoisotopic (exact) mass is 574 g/mol. The highest BCUT2D eigenvalue weighted by atomic mass is 16.5. The van der Waals surface area contributed by atoms with Crippen LogP contribution in [-0.4, -0.2) is 35.2 Å². The van der Waals surface area contributed by atoms with Crippen molar-refractivity contribution < 1.29 is 23.9 Å². The van der Waals surface area contributed by atoms with Gasteiger partial charge in [0.05, 0.1) is 34.3 Å². The van der Waals surface area contributed by atoms with E-state index in [-0.39, 0.29) is 36.0 Å². The summed E-state index contributed by atoms with van der Waals surface area (Å²) in [4.78, 5) is 58.6. The van der Waals surface area contributed by atoms with Crippen molar-refractivity contribution in [1.82, 2.24) is 4.98 Å². The second-order valence-electron chi connectivity index (χ2n) is 12.1. The number of ketones is 1. The first kappa shape index (κ1) is 28.5. The number of imide groups is 1. The number of benzene rings is 3. The Morgan fingerprint density at radius 1 is 0.860 bits per heavy atom. The summed E-state index contributed by atoms with van der Waals surface area (Å²) in [5.74, 6) is -1.15. The number of Topliss-reactive ketones (excluding diaryl/α,β-unsaturated/α-hetero) is 1. The lowest BCUT2D eigenvalue weighted by molar-refractivity contribution is -0.122. The summed E-state index contributed by atoms with van der Waals surface area (Å²) in [7, 11) is 0. The quantitative estimate of drug-likeness (QED) is 0.143. The van der Waals surface area contributed by atoms with E-state index in [1.165, 1.54) is 4.90 Å². The normalized spacial score (nSPS) is 19.9. The van der Waals surface area contributed by atoms with Crippen LogP contribution in [0.25, 0.3) is 22.2 Å². The number of carbonyl (C=O) groups is 4. The fourth-order valence-electron chi connectivity index (χ4n) is 6.29. The van der Waals surface area contributed by atoms with Gasteiger partial charge in [-0.3, -0.25) is 19.3 Å². The summed E-state index contributed by atoms with van der Waals surface area (Å²) in [6.45, 7) is 7.60. The van der Waals surface area contributed by atoms with E-state index in [0.29, 0.717) is 39.3 Å². The maximum absolute atomic E-state index is 13.4. The molecule has 7 nitrogen and oxygen atoms in total. The molecule has 0 radical (unpaired) electrons. The highest BCUT2D eigenvalue weighted by Gasteiger charge is 2.49. The van der Waals surface area contributed by atoms with E-state index in [4.69, 9.17) is 9.72 Å². The SMILES string of the molecule is Cc1ccc2nc(-c3ccc(N4C(=O)[C@H]5C[C@H](C)CC[C@H]5C4=O)cc3)cc(C(=O)OCC(=O)c3ccc(C)c(C)c3)c2c1. The van der Waals surface area contributed by atoms with Crippen LogP contribution in [0.4, 0.5) is 5.69 Å². The maximum atomic E-state index is 13.4. The van der Waals surface area contributed by atoms with E-state index in [1.54, 1.807) is 42.5 Å². The summed E-state index contributed by atoms with van der Waals surface area (Å²) in [6.07, 6.45) is 2.46. The van der Waals surface area contributed by atoms with Crippen molar-refractivity contribution in [2.45, 2.75) is 47.0 Å². The number of ether oxygens (including phenoxy) is 1. The Kier molecular flexibility index (Phi) is 7.42. The van der Waals surface area contributed by atoms with Crippen molar-refractivity contribution in [3.63, 3.8) is 0 Å². The zero-order valence-corrected chi connectivity index (χ0v) is 24.8. The molecule has 0 bridgehead atoms. The molecule has 1 aliphatic carbocycles. The third-order valence-corrected chi connectivity index (χ3v) is 8.96. The number of pyridine rings is 1. The first-order valence-electron chi connectivity index (χ1n) is 14.8. The molecular weight excluding hydrogens is 540 g/mol. The summed E-state index contributed by atoms with van der Waals surface area (Å²) in [5, 5.41) is 0.633. The third-order valence-electron chi connectivity index (χ3n) is 8.96. The molecule has 3 atom stereocenters. The number of nitrogens with zero attached hydrogens (tertiary/aromatic N) is 2. The van der Waals surface area contributed by atoms with Gasteiger partial charge in [-0.15, -0.1) is 0 Å². The lowest BCUT2D eigenvalue weighted by atomic mass is 9.76. The number of amides is 2. The van der Waals surface area contributed by atoms with E-state index >= 15 is 0 Å². The van der Waals surface area contributed by atoms with Gasteiger partial charge in [-0.05, 0) is 93.5 Å². The molecule has 7 heteroatoms. The Bertz CT molecular complexity index is 1790. The fourth-order valence-corrected chi connectivity index (χ4v) is 6.29. The molecule has 1 aromatic heterocycles. The Labute approximate surface area is 250 Å². The molecule has 0 spiro atoms. The molecule has 218 valence electrons. The van der Waals surface area contributed by atoms with E-state index < -0.39 is 5.97 Å². The fraction of sp³-hybridized carbons (Fsp3) is 0.306. The van der Waals surface area contributed by atoms with Gasteiger partial charge in [-0.1, -0.05) is 42.8 Å². The number of anilines is 1. The number of fused-ring (bicyclic) bond motifs is 2. The summed E-state index contributed by atoms with van der Waals surface area (Å²) >= 11 is 0. The minimum absolute atomic E-state index is 0.116. The third kappa shape index (κ3) is 5.36. The Hall–Kier alpha value is -4.65. The number of esters is 1. The van der Waals surface area contributed by atoms with Gasteiger partial charge in [0.1, 0.15) is 0 Å². The molecule has 1 aliphatic heterocycles. The van der Waals surface area contributed by atoms with Crippen molar-refractivity contribution in [2.24, 2.45) is 17.8 Å². The molecule has 2 amide bonds. The Balaban J connectivity index is 1.27. The maximum Gasteiger partial charge on any atom is 0.339 e. The minimum Gasteiger partial charge on any atom is -0.454 e. The van der Waals surface area contributed by atoms with Crippen LogP contribution in [0.1, 0.15) is 63.6 Å². The van der Waals surface area contributed by atoms with E-state index in [0.717, 1.165) is 41.5 Å². The van der Waals surface area contributed by atoms with E-state index in [1.807, 2.05) is 45.0 Å². The van der Waals surface area contributed by atoms with Crippen LogP contribution in [0.15, 0.2) is 66.7 Å². The number of hydrogen-bond acceptors (Lipinski definition) is 6. The summed E-state index contributed by atoms with van der Waals surface area (Å²) in [5.41, 5.74) is 6.26. The molecule has 2 fully saturated rings. The molecule has 4 aromatic rings. The molecule has 0 unspecified atom stereocenters. The van der Waals surface area contributed by atoms with Crippen molar-refractivity contribution >= 4 is 40.2 Å².